The van der Waals surface area contributed by atoms with E-state index in [1.807, 2.05) is 0 Å². The van der Waals surface area contributed by atoms with Crippen molar-refractivity contribution in [2.75, 3.05) is 18.9 Å². The van der Waals surface area contributed by atoms with Gasteiger partial charge in [0.2, 0.25) is 0 Å². The van der Waals surface area contributed by atoms with E-state index < -0.39 is 11.9 Å². The number of carboxylic acids is 1. The number of anilines is 1. The topological polar surface area (TPSA) is 82.5 Å². The number of carboxylic acid groups (broad SMARTS) is 1. The molecule has 1 heterocycles. The molecule has 1 aliphatic rings. The van der Waals surface area contributed by atoms with E-state index in [2.05, 4.69) is 10.3 Å². The van der Waals surface area contributed by atoms with Gasteiger partial charge in [-0.3, -0.25) is 10.1 Å². The third-order valence-electron chi connectivity index (χ3n) is 3.63. The van der Waals surface area contributed by atoms with Gasteiger partial charge in [0.1, 0.15) is 0 Å². The zero-order valence-corrected chi connectivity index (χ0v) is 13.2. The maximum absolute atomic E-state index is 12.0. The number of urea groups is 1. The van der Waals surface area contributed by atoms with Crippen molar-refractivity contribution < 1.29 is 14.7 Å². The molecule has 0 bridgehead atoms. The van der Waals surface area contributed by atoms with Crippen LogP contribution in [0.2, 0.25) is 0 Å². The summed E-state index contributed by atoms with van der Waals surface area (Å²) in [7, 11) is 1.59. The van der Waals surface area contributed by atoms with E-state index in [-0.39, 0.29) is 12.6 Å². The molecule has 0 aromatic carbocycles. The highest BCUT2D eigenvalue weighted by Crippen LogP contribution is 2.29. The number of aromatic nitrogens is 1. The predicted molar refractivity (Wildman–Crippen MR) is 81.8 cm³/mol. The minimum atomic E-state index is -0.907. The van der Waals surface area contributed by atoms with Gasteiger partial charge in [-0.25, -0.2) is 9.78 Å². The first-order valence-electron chi connectivity index (χ1n) is 7.21. The number of hydrogen-bond acceptors (Lipinski definition) is 4. The molecule has 2 rings (SSSR count). The fourth-order valence-corrected chi connectivity index (χ4v) is 3.38. The number of amides is 2. The van der Waals surface area contributed by atoms with Crippen LogP contribution in [0.15, 0.2) is 0 Å². The Morgan fingerprint density at radius 2 is 2.10 bits per heavy atom. The van der Waals surface area contributed by atoms with Crippen LogP contribution in [0.1, 0.15) is 36.8 Å². The van der Waals surface area contributed by atoms with Gasteiger partial charge >= 0.3 is 12.0 Å². The third-order valence-corrected chi connectivity index (χ3v) is 4.70. The Morgan fingerprint density at radius 1 is 1.38 bits per heavy atom. The molecular weight excluding hydrogens is 290 g/mol. The first-order valence-corrected chi connectivity index (χ1v) is 8.02. The lowest BCUT2D eigenvalue weighted by Crippen LogP contribution is -2.36. The lowest BCUT2D eigenvalue weighted by molar-refractivity contribution is -0.141. The van der Waals surface area contributed by atoms with Crippen molar-refractivity contribution >= 4 is 28.5 Å². The van der Waals surface area contributed by atoms with E-state index in [1.165, 1.54) is 34.0 Å². The molecular formula is C14H21N3O3S. The van der Waals surface area contributed by atoms with Crippen LogP contribution >= 0.6 is 11.3 Å². The Morgan fingerprint density at radius 3 is 2.81 bits per heavy atom. The van der Waals surface area contributed by atoms with Crippen LogP contribution in [-0.2, 0) is 17.6 Å². The molecule has 0 radical (unpaired) electrons. The molecule has 7 heteroatoms. The van der Waals surface area contributed by atoms with Crippen molar-refractivity contribution in [2.24, 2.45) is 5.92 Å². The number of hydrogen-bond donors (Lipinski definition) is 2. The zero-order chi connectivity index (χ0) is 15.4. The molecule has 2 N–H and O–H groups in total. The number of thiazole rings is 1. The molecule has 0 saturated heterocycles. The van der Waals surface area contributed by atoms with Crippen LogP contribution in [0.25, 0.3) is 0 Å². The number of nitrogens with zero attached hydrogens (tertiary/aromatic N) is 2. The fraction of sp³-hybridized carbons (Fsp3) is 0.643. The summed E-state index contributed by atoms with van der Waals surface area (Å²) in [6.45, 7) is 1.75. The normalized spacial score (nSPS) is 15.7. The number of nitrogens with one attached hydrogen (secondary N) is 1. The van der Waals surface area contributed by atoms with Gasteiger partial charge in [0.25, 0.3) is 0 Å². The zero-order valence-electron chi connectivity index (χ0n) is 12.4. The smallest absolute Gasteiger partial charge is 0.323 e. The fourth-order valence-electron chi connectivity index (χ4n) is 2.34. The number of aliphatic carboxylic acids is 1. The molecule has 1 atom stereocenters. The molecule has 1 aliphatic carbocycles. The number of carbonyl (C=O) groups is 2. The van der Waals surface area contributed by atoms with Crippen molar-refractivity contribution in [3.05, 3.63) is 10.6 Å². The maximum Gasteiger partial charge on any atom is 0.323 e. The molecule has 2 amide bonds. The summed E-state index contributed by atoms with van der Waals surface area (Å²) in [5.41, 5.74) is 1.11. The van der Waals surface area contributed by atoms with Crippen LogP contribution in [0.3, 0.4) is 0 Å². The Bertz CT molecular complexity index is 506. The minimum Gasteiger partial charge on any atom is -0.481 e. The third kappa shape index (κ3) is 4.17. The largest absolute Gasteiger partial charge is 0.481 e. The van der Waals surface area contributed by atoms with Crippen molar-refractivity contribution in [3.63, 3.8) is 0 Å². The molecule has 0 spiro atoms. The summed E-state index contributed by atoms with van der Waals surface area (Å²) in [6.07, 6.45) is 5.59. The van der Waals surface area contributed by atoms with E-state index in [9.17, 15) is 9.59 Å². The highest BCUT2D eigenvalue weighted by molar-refractivity contribution is 7.15. The van der Waals surface area contributed by atoms with Gasteiger partial charge in [-0.1, -0.05) is 13.3 Å². The number of aryl methyl sites for hydroxylation is 2. The Kier molecular flexibility index (Phi) is 5.17. The first kappa shape index (κ1) is 15.8. The van der Waals surface area contributed by atoms with E-state index in [0.29, 0.717) is 5.13 Å². The Hall–Kier alpha value is -1.63. The average molecular weight is 311 g/mol. The summed E-state index contributed by atoms with van der Waals surface area (Å²) in [5.74, 6) is -1.50. The molecule has 0 saturated carbocycles. The molecule has 0 aliphatic heterocycles. The molecule has 116 valence electrons. The van der Waals surface area contributed by atoms with Gasteiger partial charge < -0.3 is 10.0 Å². The van der Waals surface area contributed by atoms with E-state index in [0.717, 1.165) is 25.0 Å². The second kappa shape index (κ2) is 6.89. The van der Waals surface area contributed by atoms with E-state index in [1.54, 1.807) is 14.0 Å². The monoisotopic (exact) mass is 311 g/mol. The number of rotatable bonds is 4. The van der Waals surface area contributed by atoms with Crippen molar-refractivity contribution in [1.82, 2.24) is 9.88 Å². The van der Waals surface area contributed by atoms with Crippen LogP contribution in [-0.4, -0.2) is 40.6 Å². The molecule has 1 aromatic heterocycles. The van der Waals surface area contributed by atoms with Crippen LogP contribution in [0, 0.1) is 5.92 Å². The standard InChI is InChI=1S/C14H21N3O3S/c1-9(12(18)19)8-17(2)14(20)16-13-15-10-6-4-3-5-7-11(10)21-13/h9H,3-8H2,1-2H3,(H,18,19)(H,15,16,20). The molecule has 0 fully saturated rings. The summed E-state index contributed by atoms with van der Waals surface area (Å²) in [4.78, 5) is 30.0. The molecule has 1 aromatic rings. The van der Waals surface area contributed by atoms with E-state index in [4.69, 9.17) is 5.11 Å². The second-order valence-corrected chi connectivity index (χ2v) is 6.58. The summed E-state index contributed by atoms with van der Waals surface area (Å²) >= 11 is 1.53. The molecule has 6 nitrogen and oxygen atoms in total. The van der Waals surface area contributed by atoms with Gasteiger partial charge in [0, 0.05) is 18.5 Å². The van der Waals surface area contributed by atoms with Crippen LogP contribution in [0.4, 0.5) is 9.93 Å². The van der Waals surface area contributed by atoms with Gasteiger partial charge in [0.15, 0.2) is 5.13 Å². The predicted octanol–water partition coefficient (Wildman–Crippen LogP) is 2.60. The highest BCUT2D eigenvalue weighted by atomic mass is 32.1. The van der Waals surface area contributed by atoms with Crippen LogP contribution < -0.4 is 5.32 Å². The van der Waals surface area contributed by atoms with Crippen molar-refractivity contribution in [1.29, 1.82) is 0 Å². The minimum absolute atomic E-state index is 0.173. The van der Waals surface area contributed by atoms with Crippen molar-refractivity contribution in [2.45, 2.75) is 39.0 Å². The Labute approximate surface area is 128 Å². The number of fused-ring (bicyclic) bond motifs is 1. The SMILES string of the molecule is CC(CN(C)C(=O)Nc1nc2c(s1)CCCCC2)C(=O)O. The first-order chi connectivity index (χ1) is 9.97. The second-order valence-electron chi connectivity index (χ2n) is 5.50. The molecule has 21 heavy (non-hydrogen) atoms. The summed E-state index contributed by atoms with van der Waals surface area (Å²) in [6, 6.07) is -0.313. The Balaban J connectivity index is 1.95. The highest BCUT2D eigenvalue weighted by Gasteiger charge is 2.19. The average Bonchev–Trinajstić information content (AvgIpc) is 2.67. The summed E-state index contributed by atoms with van der Waals surface area (Å²) in [5, 5.41) is 12.2. The lowest BCUT2D eigenvalue weighted by atomic mass is 10.2. The number of carbonyl (C=O) groups excluding carboxylic acids is 1. The van der Waals surface area contributed by atoms with Gasteiger partial charge in [-0.05, 0) is 25.7 Å². The quantitative estimate of drug-likeness (QED) is 0.837. The molecule has 1 unspecified atom stereocenters. The van der Waals surface area contributed by atoms with Gasteiger partial charge in [-0.15, -0.1) is 11.3 Å². The van der Waals surface area contributed by atoms with Gasteiger partial charge in [0.05, 0.1) is 11.6 Å². The van der Waals surface area contributed by atoms with Crippen LogP contribution in [0.5, 0.6) is 0 Å². The summed E-state index contributed by atoms with van der Waals surface area (Å²) < 4.78 is 0. The van der Waals surface area contributed by atoms with E-state index >= 15 is 0 Å². The van der Waals surface area contributed by atoms with Crippen molar-refractivity contribution in [3.8, 4) is 0 Å². The van der Waals surface area contributed by atoms with Gasteiger partial charge in [-0.2, -0.15) is 0 Å². The maximum atomic E-state index is 12.0. The lowest BCUT2D eigenvalue weighted by Gasteiger charge is -2.19.